The van der Waals surface area contributed by atoms with E-state index in [4.69, 9.17) is 53.8 Å². The van der Waals surface area contributed by atoms with Crippen LogP contribution in [0.4, 0.5) is 71.0 Å². The van der Waals surface area contributed by atoms with E-state index >= 15 is 0 Å². The van der Waals surface area contributed by atoms with E-state index in [1.807, 2.05) is 0 Å². The molecule has 8 aliphatic rings. The Morgan fingerprint density at radius 3 is 1.45 bits per heavy atom. The van der Waals surface area contributed by atoms with Crippen molar-refractivity contribution >= 4 is 82.0 Å². The van der Waals surface area contributed by atoms with Crippen LogP contribution >= 0.6 is 34.8 Å². The molecular formula is C63H59Cl3F9N3O10. The average Bonchev–Trinajstić information content (AvgIpc) is 1.57. The van der Waals surface area contributed by atoms with Gasteiger partial charge in [0.1, 0.15) is 5.75 Å². The first-order chi connectivity index (χ1) is 39.7. The molecule has 0 spiro atoms. The van der Waals surface area contributed by atoms with Crippen LogP contribution in [0.5, 0.6) is 5.75 Å². The van der Waals surface area contributed by atoms with Gasteiger partial charge < -0.3 is 23.7 Å². The van der Waals surface area contributed by atoms with Gasteiger partial charge in [0.2, 0.25) is 0 Å². The first-order valence-corrected chi connectivity index (χ1v) is 27.5. The van der Waals surface area contributed by atoms with Gasteiger partial charge in [-0.05, 0) is 148 Å². The number of hydrogen-bond donors (Lipinski definition) is 1. The van der Waals surface area contributed by atoms with Gasteiger partial charge in [-0.1, -0.05) is 101 Å². The SMILES string of the molecule is C.C.C.CC1(C)[C@@]2(C)CC[C@]1(C(=O)N1C(=O)OC(C#CC3CC3)(C(F)(F)F)c3cc(Cl)ccc31)OC2=O.COc1ccc(CN2C(=O)O[C@](C#CC3CC3)(C(F)(F)F)c3cc(Cl)ccc32)cc1.O=C1Nc2ccc(Cl)cc2[C@@](C#CC2CC2)(C(F)(F)F)O1. The Kier molecular flexibility index (Phi) is 18.4. The molecular weight excluding hydrogens is 1240 g/mol. The summed E-state index contributed by atoms with van der Waals surface area (Å²) in [5.74, 6) is 12.9. The number of rotatable bonds is 4. The smallest absolute Gasteiger partial charge is 0.445 e. The second kappa shape index (κ2) is 23.8. The highest BCUT2D eigenvalue weighted by Crippen LogP contribution is 2.67. The number of imide groups is 1. The van der Waals surface area contributed by atoms with Crippen molar-refractivity contribution in [3.8, 4) is 41.3 Å². The highest BCUT2D eigenvalue weighted by molar-refractivity contribution is 6.31. The van der Waals surface area contributed by atoms with Gasteiger partial charge >= 0.3 is 42.8 Å². The lowest BCUT2D eigenvalue weighted by Gasteiger charge is -2.43. The number of amides is 4. The minimum absolute atomic E-state index is 0. The second-order valence-electron chi connectivity index (χ2n) is 22.2. The van der Waals surface area contributed by atoms with E-state index in [9.17, 15) is 63.5 Å². The number of benzene rings is 4. The molecule has 2 bridgehead atoms. The summed E-state index contributed by atoms with van der Waals surface area (Å²) in [5, 5.41) is 2.38. The van der Waals surface area contributed by atoms with Crippen molar-refractivity contribution in [2.75, 3.05) is 22.2 Å². The van der Waals surface area contributed by atoms with Crippen LogP contribution in [-0.4, -0.2) is 61.4 Å². The largest absolute Gasteiger partial charge is 0.497 e. The van der Waals surface area contributed by atoms with Gasteiger partial charge in [0.05, 0.1) is 36.1 Å². The molecule has 4 aliphatic heterocycles. The van der Waals surface area contributed by atoms with Gasteiger partial charge in [0.15, 0.2) is 5.60 Å². The maximum Gasteiger partial charge on any atom is 0.445 e. The fourth-order valence-electron chi connectivity index (χ4n) is 10.5. The van der Waals surface area contributed by atoms with E-state index in [0.29, 0.717) is 35.5 Å². The highest BCUT2D eigenvalue weighted by atomic mass is 35.5. The third kappa shape index (κ3) is 11.7. The Hall–Kier alpha value is -7.45. The zero-order chi connectivity index (χ0) is 61.7. The number of cyclic esters (lactones) is 3. The summed E-state index contributed by atoms with van der Waals surface area (Å²) in [6, 6.07) is 18.1. The Labute approximate surface area is 517 Å². The zero-order valence-electron chi connectivity index (χ0n) is 45.1. The maximum absolute atomic E-state index is 14.5. The molecule has 0 radical (unpaired) electrons. The average molecular weight is 1300 g/mol. The zero-order valence-corrected chi connectivity index (χ0v) is 47.4. The molecule has 4 aromatic carbocycles. The lowest BCUT2D eigenvalue weighted by Crippen LogP contribution is -2.61. The monoisotopic (exact) mass is 1290 g/mol. The summed E-state index contributed by atoms with van der Waals surface area (Å²) in [6.45, 7) is 5.06. The number of methoxy groups -OCH3 is 1. The molecule has 4 saturated carbocycles. The van der Waals surface area contributed by atoms with E-state index in [2.05, 4.69) is 45.6 Å². The topological polar surface area (TPSA) is 150 Å². The number of hydrogen-bond acceptors (Lipinski definition) is 10. The number of alkyl halides is 9. The van der Waals surface area contributed by atoms with Crippen molar-refractivity contribution in [1.29, 1.82) is 0 Å². The summed E-state index contributed by atoms with van der Waals surface area (Å²) in [7, 11) is 1.52. The number of esters is 1. The van der Waals surface area contributed by atoms with E-state index in [0.717, 1.165) is 48.8 Å². The highest BCUT2D eigenvalue weighted by Gasteiger charge is 2.77. The Bertz CT molecular complexity index is 3670. The fraction of sp³-hybridized carbons (Fsp3) is 0.444. The summed E-state index contributed by atoms with van der Waals surface area (Å²) >= 11 is 17.8. The molecule has 13 nitrogen and oxygen atoms in total. The van der Waals surface area contributed by atoms with Crippen molar-refractivity contribution in [2.45, 2.75) is 142 Å². The molecule has 12 rings (SSSR count). The number of anilines is 3. The normalized spacial score (nSPS) is 25.8. The minimum Gasteiger partial charge on any atom is -0.497 e. The van der Waals surface area contributed by atoms with Crippen LogP contribution in [0.15, 0.2) is 78.9 Å². The third-order valence-corrected chi connectivity index (χ3v) is 17.1. The number of ether oxygens (including phenoxy) is 5. The van der Waals surface area contributed by atoms with Crippen molar-refractivity contribution in [1.82, 2.24) is 0 Å². The number of nitrogens with zero attached hydrogens (tertiary/aromatic N) is 2. The van der Waals surface area contributed by atoms with Crippen molar-refractivity contribution in [2.24, 2.45) is 28.6 Å². The van der Waals surface area contributed by atoms with E-state index < -0.39 is 87.5 Å². The van der Waals surface area contributed by atoms with Crippen LogP contribution in [0.25, 0.3) is 0 Å². The molecule has 1 N–H and O–H groups in total. The van der Waals surface area contributed by atoms with Gasteiger partial charge in [0.25, 0.3) is 22.7 Å². The molecule has 4 aromatic rings. The summed E-state index contributed by atoms with van der Waals surface area (Å²) < 4.78 is 152. The minimum atomic E-state index is -5.11. The van der Waals surface area contributed by atoms with E-state index in [-0.39, 0.29) is 96.3 Å². The van der Waals surface area contributed by atoms with Crippen LogP contribution in [0.1, 0.15) is 117 Å². The van der Waals surface area contributed by atoms with Crippen LogP contribution in [-0.2, 0) is 51.9 Å². The van der Waals surface area contributed by atoms with Gasteiger partial charge in [-0.3, -0.25) is 19.8 Å². The number of fused-ring (bicyclic) bond motifs is 5. The molecule has 0 aromatic heterocycles. The molecule has 4 amide bonds. The Balaban J connectivity index is 0.000000190. The van der Waals surface area contributed by atoms with E-state index in [1.54, 1.807) is 45.0 Å². The number of carbonyl (C=O) groups excluding carboxylic acids is 5. The molecule has 470 valence electrons. The summed E-state index contributed by atoms with van der Waals surface area (Å²) in [5.41, 5.74) is -13.8. The van der Waals surface area contributed by atoms with Gasteiger partial charge in [-0.25, -0.2) is 19.3 Å². The molecule has 88 heavy (non-hydrogen) atoms. The fourth-order valence-corrected chi connectivity index (χ4v) is 11.0. The second-order valence-corrected chi connectivity index (χ2v) is 23.5. The lowest BCUT2D eigenvalue weighted by molar-refractivity contribution is -0.240. The van der Waals surface area contributed by atoms with Crippen LogP contribution < -0.4 is 19.9 Å². The Morgan fingerprint density at radius 2 is 1.02 bits per heavy atom. The van der Waals surface area contributed by atoms with Crippen molar-refractivity contribution in [3.63, 3.8) is 0 Å². The van der Waals surface area contributed by atoms with Gasteiger partial charge in [0, 0.05) is 54.9 Å². The van der Waals surface area contributed by atoms with Crippen molar-refractivity contribution in [3.05, 3.63) is 116 Å². The predicted octanol–water partition coefficient (Wildman–Crippen LogP) is 16.8. The quantitative estimate of drug-likeness (QED) is 0.0905. The number of carbonyl (C=O) groups is 5. The van der Waals surface area contributed by atoms with E-state index in [1.165, 1.54) is 43.5 Å². The van der Waals surface area contributed by atoms with Gasteiger partial charge in [-0.15, -0.1) is 0 Å². The molecule has 1 unspecified atom stereocenters. The number of halogens is 12. The number of nitrogens with one attached hydrogen (secondary N) is 1. The van der Waals surface area contributed by atoms with Crippen molar-refractivity contribution < 1.29 is 87.2 Å². The molecule has 4 aliphatic carbocycles. The molecule has 5 atom stereocenters. The maximum atomic E-state index is 14.5. The summed E-state index contributed by atoms with van der Waals surface area (Å²) in [6.07, 6.45) is -14.0. The van der Waals surface area contributed by atoms with Gasteiger partial charge in [-0.2, -0.15) is 39.5 Å². The molecule has 5 fully saturated rings. The molecule has 25 heteroatoms. The predicted molar refractivity (Wildman–Crippen MR) is 309 cm³/mol. The lowest BCUT2D eigenvalue weighted by atomic mass is 9.66. The standard InChI is InChI=1S/C24H21ClF3NO5.C22H17ClF3NO3.C14H9ClF3NO2.3CH4/c1-20(2)21(3)10-11-23(20,33-18(21)31)17(30)29-16-7-6-14(25)12-15(16)22(24(26,27)28,34-19(29)32)9-8-13-4-5-13;1-29-17-7-4-15(5-8-17)13-27-19-9-6-16(23)12-18(19)21(22(24,25)26,30-20(27)28)11-10-14-2-3-14;15-9-3-4-11-10(7-9)13(14(16,17)18,21-12(20)19-11)6-5-8-1-2-8;;;/h6-7,12-13H,4-5,10-11H2,1-3H3;4-9,12,14H,2-3,13H2,1H3;3-4,7-8H,1-2H2,(H,19,20);3*1H4/t21-,22?,23+;21-;13-;;;/m000.../s1. The molecule has 4 heterocycles. The van der Waals surface area contributed by atoms with Crippen LogP contribution in [0.3, 0.4) is 0 Å². The van der Waals surface area contributed by atoms with Crippen LogP contribution in [0.2, 0.25) is 15.1 Å². The molecule has 1 saturated heterocycles. The summed E-state index contributed by atoms with van der Waals surface area (Å²) in [4.78, 5) is 65.6. The Morgan fingerprint density at radius 1 is 0.591 bits per heavy atom. The first-order valence-electron chi connectivity index (χ1n) is 26.4. The third-order valence-electron chi connectivity index (χ3n) is 16.4. The first kappa shape index (κ1) is 68.0. The van der Waals surface area contributed by atoms with Crippen LogP contribution in [0, 0.1) is 64.1 Å².